The predicted molar refractivity (Wildman–Crippen MR) is 88.7 cm³/mol. The average molecular weight is 300 g/mol. The second-order valence-corrected chi connectivity index (χ2v) is 5.44. The Morgan fingerprint density at radius 2 is 1.41 bits per heavy atom. The summed E-state index contributed by atoms with van der Waals surface area (Å²) in [5.74, 6) is 1.97. The minimum atomic E-state index is -0.405. The van der Waals surface area contributed by atoms with Crippen LogP contribution in [0, 0.1) is 0 Å². The van der Waals surface area contributed by atoms with Crippen molar-refractivity contribution >= 4 is 0 Å². The molecule has 2 rings (SSSR count). The van der Waals surface area contributed by atoms with Gasteiger partial charge in [0.2, 0.25) is 0 Å². The highest BCUT2D eigenvalue weighted by Gasteiger charge is 2.09. The van der Waals surface area contributed by atoms with Crippen molar-refractivity contribution in [1.29, 1.82) is 0 Å². The number of hydrogen-bond acceptors (Lipinski definition) is 3. The van der Waals surface area contributed by atoms with Gasteiger partial charge in [-0.25, -0.2) is 0 Å². The second-order valence-electron chi connectivity index (χ2n) is 5.44. The minimum absolute atomic E-state index is 0.307. The molecule has 1 N–H and O–H groups in total. The Morgan fingerprint density at radius 1 is 0.909 bits per heavy atom. The van der Waals surface area contributed by atoms with Gasteiger partial charge in [-0.2, -0.15) is 0 Å². The van der Waals surface area contributed by atoms with Gasteiger partial charge in [-0.15, -0.1) is 0 Å². The van der Waals surface area contributed by atoms with Crippen LogP contribution in [0.4, 0.5) is 0 Å². The summed E-state index contributed by atoms with van der Waals surface area (Å²) >= 11 is 0. The standard InChI is InChI=1S/C19H24O3/c1-4-17(20)13-22-19-11-7-16(8-12-19)14(2)15-5-9-18(21-3)10-6-15/h5-12,14,17,20H,4,13H2,1-3H3. The average Bonchev–Trinajstić information content (AvgIpc) is 2.59. The number of benzene rings is 2. The molecular formula is C19H24O3. The summed E-state index contributed by atoms with van der Waals surface area (Å²) < 4.78 is 10.8. The number of hydrogen-bond donors (Lipinski definition) is 1. The Hall–Kier alpha value is -2.00. The lowest BCUT2D eigenvalue weighted by Crippen LogP contribution is -2.15. The number of ether oxygens (including phenoxy) is 2. The molecule has 2 atom stereocenters. The van der Waals surface area contributed by atoms with E-state index in [0.717, 1.165) is 11.5 Å². The maximum atomic E-state index is 9.52. The summed E-state index contributed by atoms with van der Waals surface area (Å²) in [6.07, 6.45) is 0.296. The summed E-state index contributed by atoms with van der Waals surface area (Å²) in [5, 5.41) is 9.52. The highest BCUT2D eigenvalue weighted by Crippen LogP contribution is 2.27. The van der Waals surface area contributed by atoms with Crippen LogP contribution >= 0.6 is 0 Å². The van der Waals surface area contributed by atoms with E-state index in [9.17, 15) is 5.11 Å². The van der Waals surface area contributed by atoms with Gasteiger partial charge in [0.05, 0.1) is 13.2 Å². The van der Waals surface area contributed by atoms with E-state index >= 15 is 0 Å². The van der Waals surface area contributed by atoms with Crippen LogP contribution in [0.25, 0.3) is 0 Å². The van der Waals surface area contributed by atoms with Crippen LogP contribution in [0.5, 0.6) is 11.5 Å². The van der Waals surface area contributed by atoms with E-state index in [-0.39, 0.29) is 0 Å². The molecule has 0 spiro atoms. The summed E-state index contributed by atoms with van der Waals surface area (Å²) in [6, 6.07) is 16.2. The topological polar surface area (TPSA) is 38.7 Å². The molecule has 0 amide bonds. The van der Waals surface area contributed by atoms with Gasteiger partial charge in [0.15, 0.2) is 0 Å². The Balaban J connectivity index is 2.02. The van der Waals surface area contributed by atoms with Crippen LogP contribution in [-0.2, 0) is 0 Å². The number of aliphatic hydroxyl groups is 1. The van der Waals surface area contributed by atoms with Gasteiger partial charge in [-0.1, -0.05) is 38.1 Å². The maximum Gasteiger partial charge on any atom is 0.119 e. The van der Waals surface area contributed by atoms with Crippen LogP contribution in [0.3, 0.4) is 0 Å². The number of methoxy groups -OCH3 is 1. The molecule has 0 aliphatic carbocycles. The molecule has 22 heavy (non-hydrogen) atoms. The fourth-order valence-electron chi connectivity index (χ4n) is 2.25. The molecular weight excluding hydrogens is 276 g/mol. The van der Waals surface area contributed by atoms with Crippen LogP contribution < -0.4 is 9.47 Å². The zero-order valence-corrected chi connectivity index (χ0v) is 13.5. The fraction of sp³-hybridized carbons (Fsp3) is 0.368. The van der Waals surface area contributed by atoms with Crippen molar-refractivity contribution in [1.82, 2.24) is 0 Å². The molecule has 0 heterocycles. The van der Waals surface area contributed by atoms with Crippen LogP contribution in [-0.4, -0.2) is 24.9 Å². The first-order valence-corrected chi connectivity index (χ1v) is 7.68. The van der Waals surface area contributed by atoms with Gasteiger partial charge in [0.1, 0.15) is 18.1 Å². The van der Waals surface area contributed by atoms with Gasteiger partial charge in [0, 0.05) is 5.92 Å². The third-order valence-electron chi connectivity index (χ3n) is 3.91. The molecule has 0 aromatic heterocycles. The monoisotopic (exact) mass is 300 g/mol. The smallest absolute Gasteiger partial charge is 0.119 e. The van der Waals surface area contributed by atoms with Crippen LogP contribution in [0.2, 0.25) is 0 Å². The largest absolute Gasteiger partial charge is 0.497 e. The summed E-state index contributed by atoms with van der Waals surface area (Å²) in [4.78, 5) is 0. The molecule has 0 aliphatic heterocycles. The Kier molecular flexibility index (Phi) is 5.84. The van der Waals surface area contributed by atoms with E-state index in [4.69, 9.17) is 9.47 Å². The molecule has 118 valence electrons. The predicted octanol–water partition coefficient (Wildman–Crippen LogP) is 4.00. The van der Waals surface area contributed by atoms with Crippen molar-refractivity contribution in [3.63, 3.8) is 0 Å². The van der Waals surface area contributed by atoms with Gasteiger partial charge in [-0.05, 0) is 41.8 Å². The van der Waals surface area contributed by atoms with Crippen molar-refractivity contribution in [2.75, 3.05) is 13.7 Å². The third-order valence-corrected chi connectivity index (χ3v) is 3.91. The quantitative estimate of drug-likeness (QED) is 0.840. The minimum Gasteiger partial charge on any atom is -0.497 e. The van der Waals surface area contributed by atoms with Gasteiger partial charge < -0.3 is 14.6 Å². The van der Waals surface area contributed by atoms with Gasteiger partial charge >= 0.3 is 0 Å². The second kappa shape index (κ2) is 7.85. The van der Waals surface area contributed by atoms with Crippen molar-refractivity contribution in [2.24, 2.45) is 0 Å². The molecule has 0 fully saturated rings. The molecule has 0 aliphatic rings. The van der Waals surface area contributed by atoms with Crippen molar-refractivity contribution in [2.45, 2.75) is 32.3 Å². The van der Waals surface area contributed by atoms with Crippen molar-refractivity contribution < 1.29 is 14.6 Å². The molecule has 3 nitrogen and oxygen atoms in total. The summed E-state index contributed by atoms with van der Waals surface area (Å²) in [5.41, 5.74) is 2.48. The van der Waals surface area contributed by atoms with E-state index < -0.39 is 6.10 Å². The first-order valence-electron chi connectivity index (χ1n) is 7.68. The van der Waals surface area contributed by atoms with Crippen LogP contribution in [0.1, 0.15) is 37.3 Å². The van der Waals surface area contributed by atoms with Gasteiger partial charge in [0.25, 0.3) is 0 Å². The molecule has 2 aromatic rings. The first kappa shape index (κ1) is 16.4. The van der Waals surface area contributed by atoms with Crippen molar-refractivity contribution in [3.8, 4) is 11.5 Å². The lowest BCUT2D eigenvalue weighted by Gasteiger charge is -2.15. The molecule has 0 saturated carbocycles. The first-order chi connectivity index (χ1) is 10.6. The van der Waals surface area contributed by atoms with E-state index in [1.54, 1.807) is 7.11 Å². The SMILES string of the molecule is CCC(O)COc1ccc(C(C)c2ccc(OC)cc2)cc1. The summed E-state index contributed by atoms with van der Waals surface area (Å²) in [7, 11) is 1.67. The lowest BCUT2D eigenvalue weighted by molar-refractivity contribution is 0.104. The molecule has 2 unspecified atom stereocenters. The van der Waals surface area contributed by atoms with Gasteiger partial charge in [-0.3, -0.25) is 0 Å². The number of rotatable bonds is 7. The fourth-order valence-corrected chi connectivity index (χ4v) is 2.25. The molecule has 2 aromatic carbocycles. The lowest BCUT2D eigenvalue weighted by atomic mass is 9.93. The Labute approximate surface area is 132 Å². The third kappa shape index (κ3) is 4.25. The number of aliphatic hydroxyl groups excluding tert-OH is 1. The summed E-state index contributed by atoms with van der Waals surface area (Å²) in [6.45, 7) is 4.45. The van der Waals surface area contributed by atoms with Crippen LogP contribution in [0.15, 0.2) is 48.5 Å². The van der Waals surface area contributed by atoms with E-state index in [1.807, 2.05) is 31.2 Å². The molecule has 0 saturated heterocycles. The Bertz CT molecular complexity index is 560. The van der Waals surface area contributed by atoms with E-state index in [0.29, 0.717) is 18.9 Å². The normalized spacial score (nSPS) is 13.5. The molecule has 0 radical (unpaired) electrons. The molecule has 0 bridgehead atoms. The van der Waals surface area contributed by atoms with E-state index in [1.165, 1.54) is 11.1 Å². The zero-order chi connectivity index (χ0) is 15.9. The zero-order valence-electron chi connectivity index (χ0n) is 13.5. The maximum absolute atomic E-state index is 9.52. The molecule has 3 heteroatoms. The Morgan fingerprint density at radius 3 is 1.86 bits per heavy atom. The van der Waals surface area contributed by atoms with Crippen molar-refractivity contribution in [3.05, 3.63) is 59.7 Å². The highest BCUT2D eigenvalue weighted by atomic mass is 16.5. The highest BCUT2D eigenvalue weighted by molar-refractivity contribution is 5.37. The van der Waals surface area contributed by atoms with E-state index in [2.05, 4.69) is 31.2 Å².